The largest absolute Gasteiger partial charge is 0.487 e. The molecule has 1 aromatic carbocycles. The quantitative estimate of drug-likeness (QED) is 0.691. The summed E-state index contributed by atoms with van der Waals surface area (Å²) in [5, 5.41) is 0. The lowest BCUT2D eigenvalue weighted by molar-refractivity contribution is 0.00472. The highest BCUT2D eigenvalue weighted by Gasteiger charge is 2.26. The smallest absolute Gasteiger partial charge is 0.299 e. The third kappa shape index (κ3) is 4.91. The summed E-state index contributed by atoms with van der Waals surface area (Å²) in [5.41, 5.74) is 0. The van der Waals surface area contributed by atoms with Gasteiger partial charge in [-0.25, -0.2) is 0 Å². The molecule has 1 aromatic rings. The van der Waals surface area contributed by atoms with Crippen LogP contribution in [0.3, 0.4) is 0 Å². The van der Waals surface area contributed by atoms with Crippen LogP contribution in [0.15, 0.2) is 42.5 Å². The van der Waals surface area contributed by atoms with E-state index in [1.807, 2.05) is 19.9 Å². The van der Waals surface area contributed by atoms with Crippen LogP contribution in [-0.4, -0.2) is 12.5 Å². The molecule has 0 saturated carbocycles. The zero-order valence-corrected chi connectivity index (χ0v) is 9.49. The topological polar surface area (TPSA) is 9.23 Å². The summed E-state index contributed by atoms with van der Waals surface area (Å²) in [6.45, 7) is 3.08. The Labute approximate surface area is 94.7 Å². The highest BCUT2D eigenvalue weighted by atomic mass is 19.3. The average molecular weight is 226 g/mol. The Bertz CT molecular complexity index is 331. The molecule has 0 unspecified atom stereocenters. The molecule has 0 aliphatic rings. The number of hydrogen-bond acceptors (Lipinski definition) is 1. The molecule has 1 nitrogen and oxygen atoms in total. The Morgan fingerprint density at radius 2 is 1.88 bits per heavy atom. The highest BCUT2D eigenvalue weighted by Crippen LogP contribution is 2.19. The molecule has 0 aliphatic carbocycles. The molecule has 0 N–H and O–H groups in total. The van der Waals surface area contributed by atoms with Gasteiger partial charge in [0.1, 0.15) is 5.75 Å². The molecule has 0 aromatic heterocycles. The van der Waals surface area contributed by atoms with Gasteiger partial charge in [-0.05, 0) is 24.1 Å². The van der Waals surface area contributed by atoms with E-state index in [1.54, 1.807) is 24.3 Å². The summed E-state index contributed by atoms with van der Waals surface area (Å²) >= 11 is 0. The van der Waals surface area contributed by atoms with Crippen LogP contribution in [0.25, 0.3) is 0 Å². The molecule has 0 spiro atoms. The zero-order valence-electron chi connectivity index (χ0n) is 9.49. The van der Waals surface area contributed by atoms with Gasteiger partial charge < -0.3 is 4.74 Å². The molecule has 0 atom stereocenters. The fourth-order valence-corrected chi connectivity index (χ4v) is 1.08. The van der Waals surface area contributed by atoms with Crippen LogP contribution in [0.2, 0.25) is 0 Å². The zero-order chi connectivity index (χ0) is 12.0. The lowest BCUT2D eigenvalue weighted by Crippen LogP contribution is -2.23. The maximum absolute atomic E-state index is 13.3. The summed E-state index contributed by atoms with van der Waals surface area (Å²) in [5.74, 6) is -2.34. The van der Waals surface area contributed by atoms with Crippen molar-refractivity contribution in [2.24, 2.45) is 5.92 Å². The van der Waals surface area contributed by atoms with Gasteiger partial charge in [0.25, 0.3) is 5.92 Å². The molecule has 0 fully saturated rings. The number of allylic oxidation sites excluding steroid dienone is 1. The lowest BCUT2D eigenvalue weighted by Gasteiger charge is -2.13. The molecular weight excluding hydrogens is 210 g/mol. The van der Waals surface area contributed by atoms with Crippen molar-refractivity contribution < 1.29 is 13.5 Å². The second kappa shape index (κ2) is 5.64. The first-order valence-corrected chi connectivity index (χ1v) is 5.25. The Balaban J connectivity index is 2.48. The van der Waals surface area contributed by atoms with Crippen molar-refractivity contribution >= 4 is 0 Å². The Hall–Kier alpha value is -1.38. The van der Waals surface area contributed by atoms with Crippen LogP contribution in [0.4, 0.5) is 8.78 Å². The van der Waals surface area contributed by atoms with Gasteiger partial charge in [-0.2, -0.15) is 8.78 Å². The predicted molar refractivity (Wildman–Crippen MR) is 60.9 cm³/mol. The van der Waals surface area contributed by atoms with E-state index in [0.717, 1.165) is 6.08 Å². The van der Waals surface area contributed by atoms with Crippen LogP contribution in [0.1, 0.15) is 13.8 Å². The van der Waals surface area contributed by atoms with Gasteiger partial charge in [-0.1, -0.05) is 38.1 Å². The molecule has 0 radical (unpaired) electrons. The van der Waals surface area contributed by atoms with Crippen LogP contribution in [-0.2, 0) is 0 Å². The molecule has 0 heterocycles. The van der Waals surface area contributed by atoms with Crippen molar-refractivity contribution in [1.29, 1.82) is 0 Å². The van der Waals surface area contributed by atoms with Gasteiger partial charge in [0.15, 0.2) is 6.61 Å². The SMILES string of the molecule is CC(C)/C=C/C(F)(F)COc1ccccc1. The van der Waals surface area contributed by atoms with Crippen molar-refractivity contribution in [3.63, 3.8) is 0 Å². The predicted octanol–water partition coefficient (Wildman–Crippen LogP) is 3.91. The Morgan fingerprint density at radius 1 is 1.25 bits per heavy atom. The van der Waals surface area contributed by atoms with E-state index in [9.17, 15) is 8.78 Å². The number of hydrogen-bond donors (Lipinski definition) is 0. The minimum Gasteiger partial charge on any atom is -0.487 e. The van der Waals surface area contributed by atoms with Gasteiger partial charge >= 0.3 is 0 Å². The maximum Gasteiger partial charge on any atom is 0.299 e. The first-order valence-electron chi connectivity index (χ1n) is 5.25. The Kier molecular flexibility index (Phi) is 4.47. The van der Waals surface area contributed by atoms with E-state index in [-0.39, 0.29) is 5.92 Å². The minimum atomic E-state index is -2.92. The molecule has 1 rings (SSSR count). The number of halogens is 2. The van der Waals surface area contributed by atoms with Crippen LogP contribution >= 0.6 is 0 Å². The number of ether oxygens (including phenoxy) is 1. The monoisotopic (exact) mass is 226 g/mol. The fourth-order valence-electron chi connectivity index (χ4n) is 1.08. The molecule has 0 saturated heterocycles. The van der Waals surface area contributed by atoms with Gasteiger partial charge in [0.2, 0.25) is 0 Å². The van der Waals surface area contributed by atoms with Crippen LogP contribution in [0, 0.1) is 5.92 Å². The van der Waals surface area contributed by atoms with Gasteiger partial charge in [0, 0.05) is 0 Å². The molecule has 3 heteroatoms. The van der Waals surface area contributed by atoms with Crippen molar-refractivity contribution in [3.05, 3.63) is 42.5 Å². The first kappa shape index (κ1) is 12.7. The summed E-state index contributed by atoms with van der Waals surface area (Å²) in [7, 11) is 0. The van der Waals surface area contributed by atoms with Crippen LogP contribution < -0.4 is 4.74 Å². The van der Waals surface area contributed by atoms with Gasteiger partial charge in [-0.15, -0.1) is 0 Å². The number of para-hydroxylation sites is 1. The summed E-state index contributed by atoms with van der Waals surface area (Å²) in [6, 6.07) is 8.61. The summed E-state index contributed by atoms with van der Waals surface area (Å²) in [4.78, 5) is 0. The third-order valence-corrected chi connectivity index (χ3v) is 1.90. The van der Waals surface area contributed by atoms with E-state index >= 15 is 0 Å². The fraction of sp³-hybridized carbons (Fsp3) is 0.385. The van der Waals surface area contributed by atoms with E-state index in [0.29, 0.717) is 5.75 Å². The molecule has 88 valence electrons. The average Bonchev–Trinajstić information content (AvgIpc) is 2.26. The van der Waals surface area contributed by atoms with E-state index < -0.39 is 12.5 Å². The number of benzene rings is 1. The molecule has 0 aliphatic heterocycles. The van der Waals surface area contributed by atoms with Gasteiger partial charge in [0.05, 0.1) is 0 Å². The lowest BCUT2D eigenvalue weighted by atomic mass is 10.2. The standard InChI is InChI=1S/C13H16F2O/c1-11(2)8-9-13(14,15)10-16-12-6-4-3-5-7-12/h3-9,11H,10H2,1-2H3/b9-8+. The van der Waals surface area contributed by atoms with Gasteiger partial charge in [-0.3, -0.25) is 0 Å². The molecule has 0 bridgehead atoms. The van der Waals surface area contributed by atoms with Crippen molar-refractivity contribution in [3.8, 4) is 5.75 Å². The maximum atomic E-state index is 13.3. The molecule has 0 amide bonds. The normalized spacial score (nSPS) is 12.3. The first-order chi connectivity index (χ1) is 7.49. The summed E-state index contributed by atoms with van der Waals surface area (Å²) in [6.07, 6.45) is 2.38. The Morgan fingerprint density at radius 3 is 2.44 bits per heavy atom. The van der Waals surface area contributed by atoms with Crippen molar-refractivity contribution in [2.45, 2.75) is 19.8 Å². The highest BCUT2D eigenvalue weighted by molar-refractivity contribution is 5.21. The minimum absolute atomic E-state index is 0.114. The third-order valence-electron chi connectivity index (χ3n) is 1.90. The second-order valence-electron chi connectivity index (χ2n) is 3.97. The number of alkyl halides is 2. The van der Waals surface area contributed by atoms with Crippen LogP contribution in [0.5, 0.6) is 5.75 Å². The van der Waals surface area contributed by atoms with E-state index in [4.69, 9.17) is 4.74 Å². The second-order valence-corrected chi connectivity index (χ2v) is 3.97. The van der Waals surface area contributed by atoms with E-state index in [1.165, 1.54) is 6.08 Å². The van der Waals surface area contributed by atoms with E-state index in [2.05, 4.69) is 0 Å². The molecule has 16 heavy (non-hydrogen) atoms. The van der Waals surface area contributed by atoms with Crippen molar-refractivity contribution in [2.75, 3.05) is 6.61 Å². The summed E-state index contributed by atoms with van der Waals surface area (Å²) < 4.78 is 31.5. The van der Waals surface area contributed by atoms with Crippen molar-refractivity contribution in [1.82, 2.24) is 0 Å². The molecular formula is C13H16F2O. The number of rotatable bonds is 5.